The van der Waals surface area contributed by atoms with E-state index >= 15 is 0 Å². The number of rotatable bonds is 56. The Balaban J connectivity index is 4.11. The monoisotopic (exact) mass is 1030 g/mol. The van der Waals surface area contributed by atoms with Crippen molar-refractivity contribution in [2.75, 3.05) is 13.2 Å². The van der Waals surface area contributed by atoms with E-state index in [4.69, 9.17) is 14.2 Å². The Bertz CT molecular complexity index is 1460. The molecule has 1 atom stereocenters. The Morgan fingerprint density at radius 1 is 0.284 bits per heavy atom. The second-order valence-electron chi connectivity index (χ2n) is 20.6. The highest BCUT2D eigenvalue weighted by molar-refractivity contribution is 5.71. The number of ether oxygens (including phenoxy) is 3. The van der Waals surface area contributed by atoms with Gasteiger partial charge in [0.15, 0.2) is 6.10 Å². The molecule has 0 aliphatic heterocycles. The first-order valence-electron chi connectivity index (χ1n) is 31.2. The van der Waals surface area contributed by atoms with Crippen LogP contribution in [0.25, 0.3) is 0 Å². The lowest BCUT2D eigenvalue weighted by Gasteiger charge is -2.18. The van der Waals surface area contributed by atoms with Gasteiger partial charge in [-0.1, -0.05) is 272 Å². The summed E-state index contributed by atoms with van der Waals surface area (Å²) in [5.74, 6) is -0.890. The van der Waals surface area contributed by atoms with Crippen LogP contribution in [0.2, 0.25) is 0 Å². The number of unbranched alkanes of at least 4 members (excludes halogenated alkanes) is 29. The molecule has 1 unspecified atom stereocenters. The molecule has 74 heavy (non-hydrogen) atoms. The zero-order chi connectivity index (χ0) is 53.6. The van der Waals surface area contributed by atoms with Crippen molar-refractivity contribution in [1.29, 1.82) is 0 Å². The topological polar surface area (TPSA) is 78.9 Å². The summed E-state index contributed by atoms with van der Waals surface area (Å²) in [4.78, 5) is 38.0. The van der Waals surface area contributed by atoms with E-state index in [0.717, 1.165) is 109 Å². The summed E-state index contributed by atoms with van der Waals surface area (Å²) in [6, 6.07) is 0. The lowest BCUT2D eigenvalue weighted by atomic mass is 10.1. The van der Waals surface area contributed by atoms with Gasteiger partial charge in [0.05, 0.1) is 0 Å². The summed E-state index contributed by atoms with van der Waals surface area (Å²) in [6.45, 7) is 6.47. The molecule has 0 N–H and O–H groups in total. The van der Waals surface area contributed by atoms with E-state index in [1.165, 1.54) is 148 Å². The van der Waals surface area contributed by atoms with Crippen molar-refractivity contribution in [2.24, 2.45) is 0 Å². The lowest BCUT2D eigenvalue weighted by Crippen LogP contribution is -2.30. The summed E-state index contributed by atoms with van der Waals surface area (Å²) in [7, 11) is 0. The third kappa shape index (κ3) is 59.2. The summed E-state index contributed by atoms with van der Waals surface area (Å²) in [5.41, 5.74) is 0. The van der Waals surface area contributed by atoms with Gasteiger partial charge in [0.25, 0.3) is 0 Å². The highest BCUT2D eigenvalue weighted by atomic mass is 16.6. The van der Waals surface area contributed by atoms with Crippen LogP contribution in [0, 0.1) is 0 Å². The van der Waals surface area contributed by atoms with Gasteiger partial charge in [-0.2, -0.15) is 0 Å². The van der Waals surface area contributed by atoms with Crippen LogP contribution < -0.4 is 0 Å². The average Bonchev–Trinajstić information content (AvgIpc) is 3.40. The first-order chi connectivity index (χ1) is 36.5. The van der Waals surface area contributed by atoms with Crippen LogP contribution in [0.15, 0.2) is 97.2 Å². The molecule has 0 spiro atoms. The third-order valence-corrected chi connectivity index (χ3v) is 13.3. The minimum Gasteiger partial charge on any atom is -0.462 e. The minimum absolute atomic E-state index is 0.0784. The fourth-order valence-corrected chi connectivity index (χ4v) is 8.65. The Labute approximate surface area is 457 Å². The first-order valence-corrected chi connectivity index (χ1v) is 31.2. The van der Waals surface area contributed by atoms with E-state index in [1.54, 1.807) is 0 Å². The number of esters is 3. The molecule has 0 rings (SSSR count). The highest BCUT2D eigenvalue weighted by Crippen LogP contribution is 2.16. The smallest absolute Gasteiger partial charge is 0.306 e. The lowest BCUT2D eigenvalue weighted by molar-refractivity contribution is -0.167. The van der Waals surface area contributed by atoms with Crippen LogP contribution in [0.1, 0.15) is 297 Å². The maximum atomic E-state index is 12.8. The molecule has 0 aromatic heterocycles. The van der Waals surface area contributed by atoms with Gasteiger partial charge < -0.3 is 14.2 Å². The van der Waals surface area contributed by atoms with Crippen molar-refractivity contribution in [3.05, 3.63) is 97.2 Å². The molecule has 0 bridgehead atoms. The van der Waals surface area contributed by atoms with Crippen molar-refractivity contribution >= 4 is 17.9 Å². The van der Waals surface area contributed by atoms with Crippen molar-refractivity contribution < 1.29 is 28.6 Å². The fraction of sp³-hybridized carbons (Fsp3) is 0.721. The van der Waals surface area contributed by atoms with Crippen LogP contribution in [0.3, 0.4) is 0 Å². The largest absolute Gasteiger partial charge is 0.462 e. The normalized spacial score (nSPS) is 12.7. The molecule has 0 radical (unpaired) electrons. The Morgan fingerprint density at radius 2 is 0.527 bits per heavy atom. The first kappa shape index (κ1) is 70.3. The zero-order valence-electron chi connectivity index (χ0n) is 48.6. The Hall–Kier alpha value is -3.67. The molecule has 0 aromatic carbocycles. The van der Waals surface area contributed by atoms with Crippen LogP contribution >= 0.6 is 0 Å². The SMILES string of the molecule is CC/C=C\C/C=C\C/C=C\C/C=C\C/C=C\C/C=C\C/C=C\CCCCCCCCCCCC(=O)OCC(COC(=O)CCCCCCCC)OC(=O)CCCCCCCCCCC/C=C\CCCCCCCC. The predicted molar refractivity (Wildman–Crippen MR) is 320 cm³/mol. The second kappa shape index (κ2) is 61.9. The summed E-state index contributed by atoms with van der Waals surface area (Å²) in [5, 5.41) is 0. The molecule has 0 aliphatic carbocycles. The van der Waals surface area contributed by atoms with Crippen molar-refractivity contribution in [1.82, 2.24) is 0 Å². The highest BCUT2D eigenvalue weighted by Gasteiger charge is 2.19. The van der Waals surface area contributed by atoms with E-state index in [9.17, 15) is 14.4 Å². The van der Waals surface area contributed by atoms with Crippen LogP contribution in [-0.2, 0) is 28.6 Å². The molecule has 0 aliphatic rings. The second-order valence-corrected chi connectivity index (χ2v) is 20.6. The van der Waals surface area contributed by atoms with E-state index in [-0.39, 0.29) is 31.1 Å². The third-order valence-electron chi connectivity index (χ3n) is 13.3. The molecule has 0 amide bonds. The van der Waals surface area contributed by atoms with Gasteiger partial charge in [-0.05, 0) is 103 Å². The Kier molecular flexibility index (Phi) is 58.8. The van der Waals surface area contributed by atoms with E-state index < -0.39 is 6.10 Å². The molecule has 0 saturated carbocycles. The van der Waals surface area contributed by atoms with Crippen molar-refractivity contribution in [2.45, 2.75) is 303 Å². The van der Waals surface area contributed by atoms with Crippen molar-refractivity contribution in [3.63, 3.8) is 0 Å². The molecule has 0 fully saturated rings. The van der Waals surface area contributed by atoms with Gasteiger partial charge in [-0.3, -0.25) is 14.4 Å². The molecule has 6 heteroatoms. The molecule has 424 valence electrons. The summed E-state index contributed by atoms with van der Waals surface area (Å²) < 4.78 is 16.8. The predicted octanol–water partition coefficient (Wildman–Crippen LogP) is 21.3. The van der Waals surface area contributed by atoms with Crippen LogP contribution in [0.4, 0.5) is 0 Å². The molecular formula is C68H116O6. The molecule has 0 saturated heterocycles. The Morgan fingerprint density at radius 3 is 0.838 bits per heavy atom. The molecule has 6 nitrogen and oxygen atoms in total. The van der Waals surface area contributed by atoms with E-state index in [1.807, 2.05) is 0 Å². The number of carbonyl (C=O) groups is 3. The van der Waals surface area contributed by atoms with Gasteiger partial charge in [0.2, 0.25) is 0 Å². The molecule has 0 heterocycles. The molecule has 0 aromatic rings. The average molecular weight is 1030 g/mol. The van der Waals surface area contributed by atoms with E-state index in [2.05, 4.69) is 118 Å². The summed E-state index contributed by atoms with van der Waals surface area (Å²) in [6.07, 6.45) is 83.0. The van der Waals surface area contributed by atoms with Crippen molar-refractivity contribution in [3.8, 4) is 0 Å². The molecular weight excluding hydrogens is 913 g/mol. The van der Waals surface area contributed by atoms with Gasteiger partial charge >= 0.3 is 17.9 Å². The number of hydrogen-bond donors (Lipinski definition) is 0. The number of carbonyl (C=O) groups excluding carboxylic acids is 3. The van der Waals surface area contributed by atoms with Gasteiger partial charge in [-0.25, -0.2) is 0 Å². The van der Waals surface area contributed by atoms with Gasteiger partial charge in [-0.15, -0.1) is 0 Å². The van der Waals surface area contributed by atoms with Crippen LogP contribution in [-0.4, -0.2) is 37.2 Å². The fourth-order valence-electron chi connectivity index (χ4n) is 8.65. The zero-order valence-corrected chi connectivity index (χ0v) is 48.6. The minimum atomic E-state index is -0.778. The number of allylic oxidation sites excluding steroid dienone is 16. The van der Waals surface area contributed by atoms with Crippen LogP contribution in [0.5, 0.6) is 0 Å². The van der Waals surface area contributed by atoms with E-state index in [0.29, 0.717) is 19.3 Å². The maximum Gasteiger partial charge on any atom is 0.306 e. The maximum absolute atomic E-state index is 12.8. The van der Waals surface area contributed by atoms with Gasteiger partial charge in [0, 0.05) is 19.3 Å². The quantitative estimate of drug-likeness (QED) is 0.0261. The number of hydrogen-bond acceptors (Lipinski definition) is 6. The van der Waals surface area contributed by atoms with Gasteiger partial charge in [0.1, 0.15) is 13.2 Å². The standard InChI is InChI=1S/C68H116O6/c1-4-7-10-13-16-18-20-22-24-26-28-29-30-31-32-33-34-35-36-37-38-39-41-42-44-46-48-50-52-55-58-61-67(70)73-64-65(63-72-66(69)60-57-54-15-12-9-6-3)74-68(71)62-59-56-53-51-49-47-45-43-40-27-25-23-21-19-17-14-11-8-5-2/h7,10,16,18,22-25,28-29,31-32,34-35,37-38,65H,4-6,8-9,11-15,17,19-21,26-27,30,33,36,39-64H2,1-3H3/b10-7-,18-16-,24-22-,25-23-,29-28-,32-31-,35-34-,38-37-. The summed E-state index contributed by atoms with van der Waals surface area (Å²) >= 11 is 0.